The molecule has 0 aliphatic carbocycles. The summed E-state index contributed by atoms with van der Waals surface area (Å²) in [6.07, 6.45) is -14.4. The number of carbonyl (C=O) groups is 3. The number of nitrogens with zero attached hydrogens (tertiary/aromatic N) is 1. The van der Waals surface area contributed by atoms with Crippen molar-refractivity contribution >= 4 is 18.0 Å². The smallest absolute Gasteiger partial charge is 0.410 e. The third-order valence-corrected chi connectivity index (χ3v) is 20.0. The maximum absolute atomic E-state index is 14.6. The Hall–Kier alpha value is -7.77. The maximum Gasteiger partial charge on any atom is 0.410 e. The van der Waals surface area contributed by atoms with Crippen molar-refractivity contribution in [1.29, 1.82) is 0 Å². The molecule has 7 aromatic rings. The van der Waals surface area contributed by atoms with E-state index in [4.69, 9.17) is 66.3 Å². The normalized spacial score (nSPS) is 29.5. The van der Waals surface area contributed by atoms with Crippen LogP contribution in [0.25, 0.3) is 0 Å². The molecular formula is C82H97NO19. The minimum absolute atomic E-state index is 0.0362. The Morgan fingerprint density at radius 1 is 0.382 bits per heavy atom. The fraction of sp³-hybridized carbons (Fsp3) is 0.451. The molecule has 0 aromatic heterocycles. The summed E-state index contributed by atoms with van der Waals surface area (Å²) in [5.41, 5.74) is 5.20. The summed E-state index contributed by atoms with van der Waals surface area (Å²) in [4.78, 5) is 43.9. The van der Waals surface area contributed by atoms with Crippen LogP contribution in [0.2, 0.25) is 0 Å². The lowest BCUT2D eigenvalue weighted by molar-refractivity contribution is -0.372. The number of aliphatic hydroxyl groups excluding tert-OH is 2. The number of esters is 2. The molecule has 544 valence electrons. The van der Waals surface area contributed by atoms with E-state index < -0.39 is 123 Å². The van der Waals surface area contributed by atoms with E-state index in [1.165, 1.54) is 0 Å². The van der Waals surface area contributed by atoms with Gasteiger partial charge in [0.2, 0.25) is 0 Å². The monoisotopic (exact) mass is 1400 g/mol. The standard InChI is InChI=1S/C82H97NO19/c1-53-55(3)78(92-43-42-83(44-59-28-14-7-15-29-59)82(88)93-49-63-36-22-11-23-37-63)95-67(50-89-46-60-30-16-8-17-31-60)71(53)100-79-56(4)54(2)72(68(96-79)51-90-47-61-32-18-9-19-33-61)101-81-75(99-77(87)65-40-26-13-27-41-65)58(6)73(69(97-81)52-91-48-62-34-20-10-21-35-62)102-80-74(57(5)70(85)66(45-84)94-80)98-76(86)64-38-24-12-25-39-64/h7-41,53-58,66-75,78-81,84-85H,42-52H2,1-6H3/t53-,54-,55?,56?,57+,58+,66?,67?,68?,69?,70+,71-,72+,73+,74?,75?,78+,79-,80+,81+/m1/s1. The SMILES string of the molecule is CC1[C@@H](O[C@H]2C(COCc3ccccc3)O[C@H](OCCN(Cc3ccccc3)C(=O)OCc3ccccc3)C(C)[C@H]2C)OC(COCc2ccccc2)[C@@H](O[C@@H]2OC(COCc3ccccc3)[C@@H](O[C@@H]3OC(CO)[C@@H](O)[C@H](C)C3OC(=O)c3ccccc3)[C@H](C)C2OC(=O)c2ccccc2)[C@@H]1C. The molecule has 0 spiro atoms. The van der Waals surface area contributed by atoms with E-state index in [0.717, 1.165) is 27.8 Å². The highest BCUT2D eigenvalue weighted by Gasteiger charge is 2.55. The van der Waals surface area contributed by atoms with Crippen molar-refractivity contribution in [1.82, 2.24) is 4.90 Å². The second-order valence-electron chi connectivity index (χ2n) is 27.1. The van der Waals surface area contributed by atoms with Crippen molar-refractivity contribution in [3.8, 4) is 0 Å². The van der Waals surface area contributed by atoms with E-state index >= 15 is 0 Å². The summed E-state index contributed by atoms with van der Waals surface area (Å²) in [7, 11) is 0. The van der Waals surface area contributed by atoms with Crippen LogP contribution in [0.15, 0.2) is 212 Å². The highest BCUT2D eigenvalue weighted by molar-refractivity contribution is 5.90. The van der Waals surface area contributed by atoms with Gasteiger partial charge in [0.05, 0.1) is 88.4 Å². The van der Waals surface area contributed by atoms with Crippen LogP contribution in [-0.2, 0) is 99.3 Å². The fourth-order valence-electron chi connectivity index (χ4n) is 13.5. The molecule has 20 nitrogen and oxygen atoms in total. The number of hydrogen-bond acceptors (Lipinski definition) is 19. The van der Waals surface area contributed by atoms with Gasteiger partial charge in [-0.05, 0) is 63.9 Å². The van der Waals surface area contributed by atoms with Gasteiger partial charge in [0.15, 0.2) is 37.4 Å². The Kier molecular flexibility index (Phi) is 27.8. The number of carbonyl (C=O) groups excluding carboxylic acids is 3. The van der Waals surface area contributed by atoms with Gasteiger partial charge in [-0.2, -0.15) is 0 Å². The van der Waals surface area contributed by atoms with Crippen molar-refractivity contribution in [3.63, 3.8) is 0 Å². The summed E-state index contributed by atoms with van der Waals surface area (Å²) < 4.78 is 94.3. The summed E-state index contributed by atoms with van der Waals surface area (Å²) in [5, 5.41) is 22.1. The molecule has 8 unspecified atom stereocenters. The molecule has 4 fully saturated rings. The number of aliphatic hydroxyl groups is 2. The van der Waals surface area contributed by atoms with Gasteiger partial charge < -0.3 is 81.4 Å². The number of ether oxygens (including phenoxy) is 14. The summed E-state index contributed by atoms with van der Waals surface area (Å²) in [6, 6.07) is 65.8. The first-order valence-corrected chi connectivity index (χ1v) is 35.5. The lowest BCUT2D eigenvalue weighted by atomic mass is 9.82. The molecule has 2 N–H and O–H groups in total. The third-order valence-electron chi connectivity index (χ3n) is 20.0. The Bertz CT molecular complexity index is 3610. The van der Waals surface area contributed by atoms with Crippen molar-refractivity contribution in [3.05, 3.63) is 251 Å². The van der Waals surface area contributed by atoms with Gasteiger partial charge >= 0.3 is 18.0 Å². The molecule has 4 aliphatic rings. The largest absolute Gasteiger partial charge is 0.453 e. The molecule has 4 heterocycles. The molecule has 0 saturated carbocycles. The summed E-state index contributed by atoms with van der Waals surface area (Å²) >= 11 is 0. The average molecular weight is 1400 g/mol. The Balaban J connectivity index is 0.865. The topological polar surface area (TPSA) is 224 Å². The molecule has 0 bridgehead atoms. The molecule has 7 aromatic carbocycles. The van der Waals surface area contributed by atoms with E-state index in [1.54, 1.807) is 72.5 Å². The van der Waals surface area contributed by atoms with Crippen LogP contribution in [0.1, 0.15) is 90.1 Å². The van der Waals surface area contributed by atoms with Gasteiger partial charge in [-0.15, -0.1) is 0 Å². The number of amides is 1. The van der Waals surface area contributed by atoms with Crippen LogP contribution in [-0.4, -0.2) is 159 Å². The second-order valence-corrected chi connectivity index (χ2v) is 27.1. The van der Waals surface area contributed by atoms with E-state index in [0.29, 0.717) is 13.2 Å². The maximum atomic E-state index is 14.6. The minimum atomic E-state index is -1.38. The lowest BCUT2D eigenvalue weighted by Crippen LogP contribution is -2.63. The van der Waals surface area contributed by atoms with Gasteiger partial charge in [-0.3, -0.25) is 0 Å². The molecule has 102 heavy (non-hydrogen) atoms. The number of benzene rings is 7. The molecule has 4 saturated heterocycles. The summed E-state index contributed by atoms with van der Waals surface area (Å²) in [5.74, 6) is -4.07. The summed E-state index contributed by atoms with van der Waals surface area (Å²) in [6.45, 7) is 13.0. The zero-order chi connectivity index (χ0) is 71.3. The van der Waals surface area contributed by atoms with Crippen LogP contribution < -0.4 is 0 Å². The first-order valence-electron chi connectivity index (χ1n) is 35.5. The van der Waals surface area contributed by atoms with Gasteiger partial charge in [0.1, 0.15) is 31.0 Å². The van der Waals surface area contributed by atoms with Crippen LogP contribution in [0.4, 0.5) is 4.79 Å². The van der Waals surface area contributed by atoms with Gasteiger partial charge in [0, 0.05) is 36.8 Å². The van der Waals surface area contributed by atoms with Crippen LogP contribution in [0, 0.1) is 35.5 Å². The zero-order valence-corrected chi connectivity index (χ0v) is 58.8. The Morgan fingerprint density at radius 3 is 1.16 bits per heavy atom. The molecule has 20 atom stereocenters. The quantitative estimate of drug-likeness (QED) is 0.0304. The minimum Gasteiger partial charge on any atom is -0.453 e. The molecule has 4 aliphatic heterocycles. The molecule has 1 amide bonds. The van der Waals surface area contributed by atoms with Crippen molar-refractivity contribution in [2.45, 2.75) is 161 Å². The zero-order valence-electron chi connectivity index (χ0n) is 58.8. The highest BCUT2D eigenvalue weighted by Crippen LogP contribution is 2.43. The van der Waals surface area contributed by atoms with E-state index in [-0.39, 0.29) is 87.6 Å². The van der Waals surface area contributed by atoms with Crippen LogP contribution in [0.5, 0.6) is 0 Å². The predicted octanol–water partition coefficient (Wildman–Crippen LogP) is 12.2. The predicted molar refractivity (Wildman–Crippen MR) is 376 cm³/mol. The molecular weight excluding hydrogens is 1300 g/mol. The van der Waals surface area contributed by atoms with Gasteiger partial charge in [0.25, 0.3) is 0 Å². The van der Waals surface area contributed by atoms with Crippen molar-refractivity contribution in [2.24, 2.45) is 35.5 Å². The second kappa shape index (κ2) is 37.6. The van der Waals surface area contributed by atoms with Crippen molar-refractivity contribution < 1.29 is 90.9 Å². The average Bonchev–Trinajstić information content (AvgIpc) is 0.781. The first kappa shape index (κ1) is 75.4. The fourth-order valence-corrected chi connectivity index (χ4v) is 13.5. The van der Waals surface area contributed by atoms with Crippen LogP contribution in [0.3, 0.4) is 0 Å². The van der Waals surface area contributed by atoms with E-state index in [1.807, 2.05) is 166 Å². The van der Waals surface area contributed by atoms with Crippen LogP contribution >= 0.6 is 0 Å². The number of rotatable bonds is 31. The third kappa shape index (κ3) is 20.1. The van der Waals surface area contributed by atoms with Gasteiger partial charge in [-0.25, -0.2) is 14.4 Å². The first-order chi connectivity index (χ1) is 49.7. The van der Waals surface area contributed by atoms with E-state index in [9.17, 15) is 24.6 Å². The Morgan fingerprint density at radius 2 is 0.725 bits per heavy atom. The van der Waals surface area contributed by atoms with Crippen molar-refractivity contribution in [2.75, 3.05) is 39.6 Å². The van der Waals surface area contributed by atoms with Gasteiger partial charge in [-0.1, -0.05) is 230 Å². The molecule has 20 heteroatoms. The number of hydrogen-bond donors (Lipinski definition) is 2. The lowest BCUT2D eigenvalue weighted by Gasteiger charge is -2.51. The molecule has 11 rings (SSSR count). The molecule has 0 radical (unpaired) electrons. The highest BCUT2D eigenvalue weighted by atomic mass is 16.8. The van der Waals surface area contributed by atoms with E-state index in [2.05, 4.69) is 20.8 Å². The Labute approximate surface area is 598 Å².